The van der Waals surface area contributed by atoms with E-state index in [1.165, 1.54) is 0 Å². The third kappa shape index (κ3) is 1.16. The number of rotatable bonds is 0. The maximum absolute atomic E-state index is 9.65. The molecule has 0 spiro atoms. The Morgan fingerprint density at radius 3 is 1.75 bits per heavy atom. The molecule has 12 heavy (non-hydrogen) atoms. The van der Waals surface area contributed by atoms with E-state index in [9.17, 15) is 10.2 Å². The van der Waals surface area contributed by atoms with Crippen molar-refractivity contribution in [2.75, 3.05) is 7.05 Å². The van der Waals surface area contributed by atoms with E-state index >= 15 is 0 Å². The molecule has 2 saturated heterocycles. The Hall–Kier alpha value is -0.120. The van der Waals surface area contributed by atoms with Gasteiger partial charge in [0.1, 0.15) is 0 Å². The Morgan fingerprint density at radius 2 is 1.33 bits per heavy atom. The largest absolute Gasteiger partial charge is 0.391 e. The van der Waals surface area contributed by atoms with Crippen molar-refractivity contribution in [1.29, 1.82) is 0 Å². The molecule has 0 aromatic carbocycles. The van der Waals surface area contributed by atoms with E-state index in [0.717, 1.165) is 25.7 Å². The molecule has 3 nitrogen and oxygen atoms in total. The zero-order chi connectivity index (χ0) is 8.72. The summed E-state index contributed by atoms with van der Waals surface area (Å²) in [6.45, 7) is 0. The van der Waals surface area contributed by atoms with Crippen LogP contribution in [0, 0.1) is 0 Å². The topological polar surface area (TPSA) is 43.7 Å². The first-order valence-electron chi connectivity index (χ1n) is 4.78. The Morgan fingerprint density at radius 1 is 0.917 bits per heavy atom. The highest BCUT2D eigenvalue weighted by Gasteiger charge is 2.40. The van der Waals surface area contributed by atoms with Gasteiger partial charge < -0.3 is 10.2 Å². The summed E-state index contributed by atoms with van der Waals surface area (Å²) in [5.74, 6) is 0. The number of hydrogen-bond acceptors (Lipinski definition) is 3. The summed E-state index contributed by atoms with van der Waals surface area (Å²) in [6.07, 6.45) is 3.26. The fourth-order valence-corrected chi connectivity index (χ4v) is 2.65. The lowest BCUT2D eigenvalue weighted by molar-refractivity contribution is -0.0850. The fraction of sp³-hybridized carbons (Fsp3) is 1.00. The molecule has 0 aliphatic carbocycles. The second kappa shape index (κ2) is 2.98. The van der Waals surface area contributed by atoms with Gasteiger partial charge in [-0.1, -0.05) is 0 Å². The summed E-state index contributed by atoms with van der Waals surface area (Å²) in [6, 6.07) is 0.597. The van der Waals surface area contributed by atoms with Crippen LogP contribution in [0.1, 0.15) is 25.7 Å². The molecule has 2 fully saturated rings. The zero-order valence-electron chi connectivity index (χ0n) is 7.48. The minimum absolute atomic E-state index is 0.168. The van der Waals surface area contributed by atoms with Crippen molar-refractivity contribution in [3.8, 4) is 0 Å². The van der Waals surface area contributed by atoms with Gasteiger partial charge in [-0.25, -0.2) is 0 Å². The normalized spacial score (nSPS) is 49.2. The monoisotopic (exact) mass is 171 g/mol. The smallest absolute Gasteiger partial charge is 0.0696 e. The molecule has 2 aliphatic rings. The van der Waals surface area contributed by atoms with E-state index in [1.807, 2.05) is 7.05 Å². The SMILES string of the molecule is CN1[C@H]2CC[C@H](O)[C@@H]1CC[C@@H]2O. The van der Waals surface area contributed by atoms with Crippen LogP contribution in [0.2, 0.25) is 0 Å². The van der Waals surface area contributed by atoms with Gasteiger partial charge in [-0.15, -0.1) is 0 Å². The third-order valence-corrected chi connectivity index (χ3v) is 3.45. The van der Waals surface area contributed by atoms with Crippen LogP contribution in [0.5, 0.6) is 0 Å². The lowest BCUT2D eigenvalue weighted by Gasteiger charge is -2.48. The molecule has 70 valence electrons. The second-order valence-electron chi connectivity index (χ2n) is 4.09. The predicted molar refractivity (Wildman–Crippen MR) is 45.8 cm³/mol. The van der Waals surface area contributed by atoms with Gasteiger partial charge in [-0.05, 0) is 32.7 Å². The van der Waals surface area contributed by atoms with Crippen molar-refractivity contribution < 1.29 is 10.2 Å². The molecule has 0 unspecified atom stereocenters. The van der Waals surface area contributed by atoms with E-state index in [-0.39, 0.29) is 12.2 Å². The number of likely N-dealkylation sites (N-methyl/N-ethyl adjacent to an activating group) is 1. The van der Waals surface area contributed by atoms with Gasteiger partial charge in [0.05, 0.1) is 12.2 Å². The maximum atomic E-state index is 9.65. The highest BCUT2D eigenvalue weighted by atomic mass is 16.3. The highest BCUT2D eigenvalue weighted by molar-refractivity contribution is 4.95. The average molecular weight is 171 g/mol. The fourth-order valence-electron chi connectivity index (χ4n) is 2.65. The maximum Gasteiger partial charge on any atom is 0.0696 e. The van der Waals surface area contributed by atoms with Crippen molar-refractivity contribution in [3.63, 3.8) is 0 Å². The number of aliphatic hydroxyl groups is 2. The summed E-state index contributed by atoms with van der Waals surface area (Å²) >= 11 is 0. The minimum atomic E-state index is -0.168. The lowest BCUT2D eigenvalue weighted by Crippen LogP contribution is -2.58. The lowest BCUT2D eigenvalue weighted by atomic mass is 9.82. The molecular weight excluding hydrogens is 154 g/mol. The quantitative estimate of drug-likeness (QED) is 0.537. The van der Waals surface area contributed by atoms with E-state index in [2.05, 4.69) is 4.90 Å². The van der Waals surface area contributed by atoms with Crippen LogP contribution in [0.15, 0.2) is 0 Å². The van der Waals surface area contributed by atoms with Crippen molar-refractivity contribution in [1.82, 2.24) is 4.90 Å². The predicted octanol–water partition coefficient (Wildman–Crippen LogP) is -0.0352. The number of aliphatic hydroxyl groups excluding tert-OH is 2. The van der Waals surface area contributed by atoms with Crippen LogP contribution in [-0.4, -0.2) is 46.5 Å². The van der Waals surface area contributed by atoms with Crippen LogP contribution in [-0.2, 0) is 0 Å². The first-order chi connectivity index (χ1) is 5.70. The molecule has 0 aromatic heterocycles. The van der Waals surface area contributed by atoms with E-state index in [1.54, 1.807) is 0 Å². The van der Waals surface area contributed by atoms with Gasteiger partial charge >= 0.3 is 0 Å². The summed E-state index contributed by atoms with van der Waals surface area (Å²) in [5, 5.41) is 19.3. The number of fused-ring (bicyclic) bond motifs is 2. The molecule has 2 rings (SSSR count). The molecule has 4 atom stereocenters. The Labute approximate surface area is 73.0 Å². The third-order valence-electron chi connectivity index (χ3n) is 3.45. The summed E-state index contributed by atoms with van der Waals surface area (Å²) in [5.41, 5.74) is 0. The standard InChI is InChI=1S/C9H17NO2/c1-10-6-2-4-8(11)7(10)3-5-9(6)12/h6-9,11-12H,2-5H2,1H3/t6-,7-,8-,9-/m0/s1. The van der Waals surface area contributed by atoms with E-state index in [0.29, 0.717) is 12.1 Å². The minimum Gasteiger partial charge on any atom is -0.391 e. The molecule has 2 bridgehead atoms. The summed E-state index contributed by atoms with van der Waals surface area (Å²) in [4.78, 5) is 2.16. The zero-order valence-corrected chi connectivity index (χ0v) is 7.48. The molecule has 2 N–H and O–H groups in total. The van der Waals surface area contributed by atoms with Gasteiger partial charge in [0.25, 0.3) is 0 Å². The Bertz CT molecular complexity index is 156. The molecule has 0 amide bonds. The van der Waals surface area contributed by atoms with Gasteiger partial charge in [0, 0.05) is 12.1 Å². The van der Waals surface area contributed by atoms with E-state index in [4.69, 9.17) is 0 Å². The van der Waals surface area contributed by atoms with Crippen LogP contribution in [0.3, 0.4) is 0 Å². The van der Waals surface area contributed by atoms with E-state index < -0.39 is 0 Å². The van der Waals surface area contributed by atoms with Crippen LogP contribution in [0.25, 0.3) is 0 Å². The van der Waals surface area contributed by atoms with Crippen molar-refractivity contribution in [3.05, 3.63) is 0 Å². The number of nitrogens with zero attached hydrogens (tertiary/aromatic N) is 1. The van der Waals surface area contributed by atoms with Crippen molar-refractivity contribution in [2.45, 2.75) is 50.0 Å². The molecule has 0 aromatic rings. The average Bonchev–Trinajstić information content (AvgIpc) is 2.01. The molecule has 2 aliphatic heterocycles. The Balaban J connectivity index is 2.12. The molecule has 3 heteroatoms. The van der Waals surface area contributed by atoms with Gasteiger partial charge in [-0.3, -0.25) is 4.90 Å². The van der Waals surface area contributed by atoms with Crippen molar-refractivity contribution >= 4 is 0 Å². The first-order valence-corrected chi connectivity index (χ1v) is 4.78. The molecular formula is C9H17NO2. The van der Waals surface area contributed by atoms with Gasteiger partial charge in [0.2, 0.25) is 0 Å². The number of piperidine rings is 2. The van der Waals surface area contributed by atoms with Crippen LogP contribution >= 0.6 is 0 Å². The van der Waals surface area contributed by atoms with Gasteiger partial charge in [-0.2, -0.15) is 0 Å². The van der Waals surface area contributed by atoms with Gasteiger partial charge in [0.15, 0.2) is 0 Å². The Kier molecular flexibility index (Phi) is 2.10. The summed E-state index contributed by atoms with van der Waals surface area (Å²) < 4.78 is 0. The molecule has 0 radical (unpaired) electrons. The number of hydrogen-bond donors (Lipinski definition) is 2. The summed E-state index contributed by atoms with van der Waals surface area (Å²) in [7, 11) is 2.01. The van der Waals surface area contributed by atoms with Crippen LogP contribution < -0.4 is 0 Å². The first kappa shape index (κ1) is 8.48. The van der Waals surface area contributed by atoms with Crippen molar-refractivity contribution in [2.24, 2.45) is 0 Å². The molecule has 2 heterocycles. The molecule has 0 saturated carbocycles. The van der Waals surface area contributed by atoms with Crippen LogP contribution in [0.4, 0.5) is 0 Å². The highest BCUT2D eigenvalue weighted by Crippen LogP contribution is 2.32. The second-order valence-corrected chi connectivity index (χ2v) is 4.09.